The van der Waals surface area contributed by atoms with E-state index < -0.39 is 0 Å². The molecule has 4 aromatic rings. The first-order chi connectivity index (χ1) is 13.3. The van der Waals surface area contributed by atoms with Gasteiger partial charge in [0, 0.05) is 35.3 Å². The van der Waals surface area contributed by atoms with Gasteiger partial charge in [-0.25, -0.2) is 0 Å². The molecule has 4 rings (SSSR count). The maximum Gasteiger partial charge on any atom is 2.00 e. The molecule has 0 fully saturated rings. The first-order valence-corrected chi connectivity index (χ1v) is 9.56. The first kappa shape index (κ1) is 26.1. The second-order valence-electron chi connectivity index (χ2n) is 6.66. The Morgan fingerprint density at radius 2 is 1.43 bits per heavy atom. The van der Waals surface area contributed by atoms with Crippen LogP contribution in [0.4, 0.5) is 5.69 Å². The smallest absolute Gasteiger partial charge is 1.00 e. The molecule has 0 N–H and O–H groups in total. The van der Waals surface area contributed by atoms with Gasteiger partial charge in [-0.1, -0.05) is 56.3 Å². The van der Waals surface area contributed by atoms with E-state index in [9.17, 15) is 0 Å². The van der Waals surface area contributed by atoms with Crippen molar-refractivity contribution in [1.82, 2.24) is 9.97 Å². The van der Waals surface area contributed by atoms with E-state index >= 15 is 0 Å². The van der Waals surface area contributed by atoms with Gasteiger partial charge in [0.1, 0.15) is 0 Å². The number of aryl methyl sites for hydroxylation is 2. The Balaban J connectivity index is 0.00000150. The van der Waals surface area contributed by atoms with Crippen LogP contribution in [0.15, 0.2) is 65.8 Å². The van der Waals surface area contributed by atoms with E-state index in [0.717, 1.165) is 46.0 Å². The Hall–Kier alpha value is -1.97. The van der Waals surface area contributed by atoms with Crippen molar-refractivity contribution in [3.63, 3.8) is 0 Å². The summed E-state index contributed by atoms with van der Waals surface area (Å²) in [6, 6.07) is 18.9. The van der Waals surface area contributed by atoms with Gasteiger partial charge in [-0.05, 0) is 36.1 Å². The molecule has 2 aromatic heterocycles. The number of para-hydroxylation sites is 1. The van der Waals surface area contributed by atoms with Gasteiger partial charge in [0.2, 0.25) is 0 Å². The van der Waals surface area contributed by atoms with Crippen LogP contribution in [0.25, 0.3) is 21.8 Å². The molecule has 30 heavy (non-hydrogen) atoms. The van der Waals surface area contributed by atoms with Gasteiger partial charge in [-0.15, -0.1) is 0 Å². The summed E-state index contributed by atoms with van der Waals surface area (Å²) in [5.74, 6) is 0. The van der Waals surface area contributed by atoms with Crippen molar-refractivity contribution in [3.05, 3.63) is 77.6 Å². The van der Waals surface area contributed by atoms with E-state index in [1.807, 2.05) is 18.5 Å². The molecule has 0 saturated heterocycles. The van der Waals surface area contributed by atoms with E-state index in [2.05, 4.69) is 67.4 Å². The van der Waals surface area contributed by atoms with Crippen molar-refractivity contribution in [1.29, 1.82) is 0 Å². The van der Waals surface area contributed by atoms with Crippen molar-refractivity contribution in [2.24, 2.45) is 4.99 Å². The summed E-state index contributed by atoms with van der Waals surface area (Å²) in [5, 5.41) is 2.24. The summed E-state index contributed by atoms with van der Waals surface area (Å²) in [7, 11) is 0. The van der Waals surface area contributed by atoms with Gasteiger partial charge in [0.15, 0.2) is 0 Å². The monoisotopic (exact) mass is 479 g/mol. The van der Waals surface area contributed by atoms with Crippen LogP contribution in [-0.4, -0.2) is 16.2 Å². The minimum Gasteiger partial charge on any atom is -1.00 e. The molecule has 156 valence electrons. The third-order valence-electron chi connectivity index (χ3n) is 4.98. The molecule has 0 amide bonds. The number of hydrogen-bond donors (Lipinski definition) is 0. The second-order valence-corrected chi connectivity index (χ2v) is 6.66. The van der Waals surface area contributed by atoms with Crippen LogP contribution in [0.1, 0.15) is 30.7 Å². The Morgan fingerprint density at radius 1 is 0.800 bits per heavy atom. The number of rotatable bonds is 5. The van der Waals surface area contributed by atoms with Crippen LogP contribution in [-0.2, 0) is 36.3 Å². The van der Waals surface area contributed by atoms with Crippen LogP contribution < -0.4 is 24.8 Å². The molecule has 0 spiro atoms. The molecule has 2 aromatic carbocycles. The Labute approximate surface area is 200 Å². The van der Waals surface area contributed by atoms with Crippen molar-refractivity contribution in [3.8, 4) is 0 Å². The van der Waals surface area contributed by atoms with E-state index in [1.165, 1.54) is 11.1 Å². The molecule has 0 bridgehead atoms. The summed E-state index contributed by atoms with van der Waals surface area (Å²) in [4.78, 5) is 14.2. The molecule has 3 nitrogen and oxygen atoms in total. The number of benzene rings is 2. The molecule has 0 radical (unpaired) electrons. The molecule has 2 heterocycles. The quantitative estimate of drug-likeness (QED) is 0.227. The van der Waals surface area contributed by atoms with Gasteiger partial charge >= 0.3 is 17.1 Å². The van der Waals surface area contributed by atoms with Crippen LogP contribution in [0.3, 0.4) is 0 Å². The fourth-order valence-electron chi connectivity index (χ4n) is 3.49. The number of hydrogen-bond acceptors (Lipinski definition) is 3. The summed E-state index contributed by atoms with van der Waals surface area (Å²) in [6.45, 7) is 4.35. The molecular weight excluding hydrogens is 457 g/mol. The normalized spacial score (nSPS) is 10.5. The molecule has 0 unspecified atom stereocenters. The Bertz CT molecular complexity index is 1120. The third-order valence-corrected chi connectivity index (χ3v) is 4.98. The molecule has 0 aliphatic carbocycles. The predicted octanol–water partition coefficient (Wildman–Crippen LogP) is -0.142. The topological polar surface area (TPSA) is 38.1 Å². The molecule has 0 aliphatic rings. The minimum absolute atomic E-state index is 0. The number of aliphatic imine (C=N–C) groups is 1. The first-order valence-electron chi connectivity index (χ1n) is 9.56. The van der Waals surface area contributed by atoms with E-state index in [0.29, 0.717) is 6.42 Å². The zero-order valence-electron chi connectivity index (χ0n) is 16.9. The van der Waals surface area contributed by atoms with Crippen molar-refractivity contribution >= 4 is 33.7 Å². The van der Waals surface area contributed by atoms with E-state index in [4.69, 9.17) is 9.98 Å². The van der Waals surface area contributed by atoms with Crippen molar-refractivity contribution < 1.29 is 41.9 Å². The maximum absolute atomic E-state index is 4.87. The summed E-state index contributed by atoms with van der Waals surface area (Å²) < 4.78 is 0. The number of pyridine rings is 2. The summed E-state index contributed by atoms with van der Waals surface area (Å²) >= 11 is 0. The fraction of sp³-hybridized carbons (Fsp3) is 0.208. The van der Waals surface area contributed by atoms with Gasteiger partial charge in [-0.3, -0.25) is 15.0 Å². The largest absolute Gasteiger partial charge is 2.00 e. The zero-order valence-corrected chi connectivity index (χ0v) is 19.5. The minimum atomic E-state index is 0. The van der Waals surface area contributed by atoms with Gasteiger partial charge in [0.05, 0.1) is 16.7 Å². The Morgan fingerprint density at radius 3 is 2.10 bits per heavy atom. The van der Waals surface area contributed by atoms with Gasteiger partial charge in [-0.2, -0.15) is 0 Å². The zero-order chi connectivity index (χ0) is 18.6. The number of aromatic nitrogens is 2. The summed E-state index contributed by atoms with van der Waals surface area (Å²) in [5.41, 5.74) is 6.65. The second kappa shape index (κ2) is 12.0. The molecule has 0 atom stereocenters. The average Bonchev–Trinajstić information content (AvgIpc) is 2.73. The average molecular weight is 480 g/mol. The van der Waals surface area contributed by atoms with Crippen LogP contribution in [0.5, 0.6) is 0 Å². The van der Waals surface area contributed by atoms with Crippen molar-refractivity contribution in [2.45, 2.75) is 33.1 Å². The van der Waals surface area contributed by atoms with Gasteiger partial charge in [0.25, 0.3) is 0 Å². The van der Waals surface area contributed by atoms with Crippen LogP contribution in [0.2, 0.25) is 0 Å². The number of halogens is 2. The SMILES string of the molecule is CCc1cccc(CC)c1N=CCc1ccc2ccc3cccnc3c2n1.[Cl-].[Cl-].[Fe+2]. The summed E-state index contributed by atoms with van der Waals surface area (Å²) in [6.07, 6.45) is 6.51. The van der Waals surface area contributed by atoms with Gasteiger partial charge < -0.3 is 24.8 Å². The third kappa shape index (κ3) is 5.38. The molecule has 6 heteroatoms. The number of nitrogens with zero attached hydrogens (tertiary/aromatic N) is 3. The van der Waals surface area contributed by atoms with Crippen LogP contribution in [0, 0.1) is 0 Å². The van der Waals surface area contributed by atoms with E-state index in [-0.39, 0.29) is 41.9 Å². The maximum atomic E-state index is 4.87. The molecule has 0 saturated carbocycles. The van der Waals surface area contributed by atoms with Crippen molar-refractivity contribution in [2.75, 3.05) is 0 Å². The molecule has 0 aliphatic heterocycles. The standard InChI is InChI=1S/C24H23N3.2ClH.Fe/c1-3-17-7-5-8-18(4-2)22(17)26-16-14-21-13-12-20-11-10-19-9-6-15-25-23(19)24(20)27-21;;;/h5-13,15-16H,3-4,14H2,1-2H3;2*1H;/q;;;+2/p-2. The Kier molecular flexibility index (Phi) is 10.4. The fourth-order valence-corrected chi connectivity index (χ4v) is 3.49. The predicted molar refractivity (Wildman–Crippen MR) is 114 cm³/mol. The van der Waals surface area contributed by atoms with E-state index in [1.54, 1.807) is 0 Å². The number of fused-ring (bicyclic) bond motifs is 3. The van der Waals surface area contributed by atoms with Crippen LogP contribution >= 0.6 is 0 Å². The molecular formula is C24H23Cl2FeN3.